The summed E-state index contributed by atoms with van der Waals surface area (Å²) in [7, 11) is 0. The molecule has 9 heteroatoms. The maximum atomic E-state index is 12.9. The van der Waals surface area contributed by atoms with Crippen molar-refractivity contribution in [2.75, 3.05) is 5.32 Å². The summed E-state index contributed by atoms with van der Waals surface area (Å²) in [5.41, 5.74) is -1.22. The Balaban J connectivity index is 1.95. The third-order valence-corrected chi connectivity index (χ3v) is 4.56. The third kappa shape index (κ3) is 2.95. The fourth-order valence-electron chi connectivity index (χ4n) is 2.95. The van der Waals surface area contributed by atoms with Gasteiger partial charge in [-0.15, -0.1) is 0 Å². The summed E-state index contributed by atoms with van der Waals surface area (Å²) in [5, 5.41) is 13.7. The van der Waals surface area contributed by atoms with E-state index in [1.807, 2.05) is 6.07 Å². The van der Waals surface area contributed by atoms with E-state index in [4.69, 9.17) is 5.26 Å². The van der Waals surface area contributed by atoms with Crippen LogP contribution in [0.3, 0.4) is 0 Å². The van der Waals surface area contributed by atoms with Gasteiger partial charge < -0.3 is 5.32 Å². The van der Waals surface area contributed by atoms with Crippen molar-refractivity contribution in [1.29, 1.82) is 5.26 Å². The molecular formula is C18H16N4O5. The summed E-state index contributed by atoms with van der Waals surface area (Å²) >= 11 is 0. The van der Waals surface area contributed by atoms with Gasteiger partial charge in [-0.3, -0.25) is 34.2 Å². The van der Waals surface area contributed by atoms with Gasteiger partial charge in [0.25, 0.3) is 11.8 Å². The van der Waals surface area contributed by atoms with Gasteiger partial charge in [0.1, 0.15) is 11.5 Å². The SMILES string of the molecule is CC(C)(C#N)C(=O)Nc1cccc2c1C(=O)N(C1CCC(=O)NC1=O)C2=O. The van der Waals surface area contributed by atoms with Crippen LogP contribution in [0.2, 0.25) is 0 Å². The maximum absolute atomic E-state index is 12.9. The summed E-state index contributed by atoms with van der Waals surface area (Å²) < 4.78 is 0. The highest BCUT2D eigenvalue weighted by Crippen LogP contribution is 2.33. The van der Waals surface area contributed by atoms with Gasteiger partial charge in [0.05, 0.1) is 22.9 Å². The van der Waals surface area contributed by atoms with E-state index in [-0.39, 0.29) is 29.7 Å². The molecule has 1 unspecified atom stereocenters. The molecule has 2 N–H and O–H groups in total. The van der Waals surface area contributed by atoms with E-state index in [9.17, 15) is 24.0 Å². The second-order valence-corrected chi connectivity index (χ2v) is 6.87. The topological polar surface area (TPSA) is 136 Å². The standard InChI is InChI=1S/C18H16N4O5/c1-18(2,8-19)17(27)20-10-5-3-4-9-13(10)16(26)22(15(9)25)11-6-7-12(23)21-14(11)24/h3-5,11H,6-7H2,1-2H3,(H,20,27)(H,21,23,24). The van der Waals surface area contributed by atoms with Gasteiger partial charge in [0, 0.05) is 6.42 Å². The van der Waals surface area contributed by atoms with Crippen LogP contribution in [0.15, 0.2) is 18.2 Å². The van der Waals surface area contributed by atoms with Crippen molar-refractivity contribution in [2.24, 2.45) is 5.41 Å². The zero-order valence-corrected chi connectivity index (χ0v) is 14.7. The number of piperidine rings is 1. The van der Waals surface area contributed by atoms with Crippen LogP contribution in [-0.2, 0) is 14.4 Å². The highest BCUT2D eigenvalue weighted by Gasteiger charge is 2.46. The lowest BCUT2D eigenvalue weighted by atomic mass is 9.94. The van der Waals surface area contributed by atoms with Crippen LogP contribution in [0, 0.1) is 16.7 Å². The van der Waals surface area contributed by atoms with Crippen molar-refractivity contribution in [3.8, 4) is 6.07 Å². The molecule has 27 heavy (non-hydrogen) atoms. The summed E-state index contributed by atoms with van der Waals surface area (Å²) in [4.78, 5) is 62.1. The molecule has 0 saturated carbocycles. The minimum absolute atomic E-state index is 0.0176. The van der Waals surface area contributed by atoms with E-state index in [0.29, 0.717) is 0 Å². The highest BCUT2D eigenvalue weighted by molar-refractivity contribution is 6.26. The number of carbonyl (C=O) groups excluding carboxylic acids is 5. The fourth-order valence-corrected chi connectivity index (χ4v) is 2.95. The Kier molecular flexibility index (Phi) is 4.27. The average Bonchev–Trinajstić information content (AvgIpc) is 2.87. The molecule has 2 aliphatic heterocycles. The first-order valence-corrected chi connectivity index (χ1v) is 8.24. The van der Waals surface area contributed by atoms with Crippen molar-refractivity contribution in [3.63, 3.8) is 0 Å². The number of anilines is 1. The highest BCUT2D eigenvalue weighted by atomic mass is 16.2. The molecule has 0 spiro atoms. The third-order valence-electron chi connectivity index (χ3n) is 4.56. The number of nitrogens with one attached hydrogen (secondary N) is 2. The van der Waals surface area contributed by atoms with Gasteiger partial charge in [-0.05, 0) is 32.4 Å². The molecule has 1 aromatic rings. The molecule has 2 aliphatic rings. The first-order valence-electron chi connectivity index (χ1n) is 8.24. The summed E-state index contributed by atoms with van der Waals surface area (Å²) in [6, 6.07) is 5.14. The average molecular weight is 368 g/mol. The summed E-state index contributed by atoms with van der Waals surface area (Å²) in [6.07, 6.45) is 0.0586. The van der Waals surface area contributed by atoms with Crippen molar-refractivity contribution in [3.05, 3.63) is 29.3 Å². The minimum Gasteiger partial charge on any atom is -0.324 e. The number of hydrogen-bond acceptors (Lipinski definition) is 6. The van der Waals surface area contributed by atoms with Gasteiger partial charge in [0.15, 0.2) is 0 Å². The van der Waals surface area contributed by atoms with Crippen molar-refractivity contribution >= 4 is 35.2 Å². The Morgan fingerprint density at radius 3 is 2.59 bits per heavy atom. The number of nitriles is 1. The van der Waals surface area contributed by atoms with Crippen molar-refractivity contribution in [1.82, 2.24) is 10.2 Å². The number of imide groups is 2. The number of rotatable bonds is 3. The Labute approximate surface area is 154 Å². The Morgan fingerprint density at radius 2 is 1.96 bits per heavy atom. The molecular weight excluding hydrogens is 352 g/mol. The first-order chi connectivity index (χ1) is 12.7. The molecule has 1 atom stereocenters. The number of hydrogen-bond donors (Lipinski definition) is 2. The van der Waals surface area contributed by atoms with Crippen LogP contribution in [0.4, 0.5) is 5.69 Å². The van der Waals surface area contributed by atoms with Crippen molar-refractivity contribution in [2.45, 2.75) is 32.7 Å². The molecule has 5 amide bonds. The molecule has 1 fully saturated rings. The molecule has 0 radical (unpaired) electrons. The molecule has 0 aromatic heterocycles. The normalized spacial score (nSPS) is 19.4. The fraction of sp³-hybridized carbons (Fsp3) is 0.333. The Hall–Kier alpha value is -3.54. The van der Waals surface area contributed by atoms with E-state index in [1.54, 1.807) is 0 Å². The van der Waals surface area contributed by atoms with Gasteiger partial charge in [-0.25, -0.2) is 0 Å². The van der Waals surface area contributed by atoms with Crippen LogP contribution >= 0.6 is 0 Å². The second-order valence-electron chi connectivity index (χ2n) is 6.87. The van der Waals surface area contributed by atoms with Gasteiger partial charge in [-0.2, -0.15) is 5.26 Å². The van der Waals surface area contributed by atoms with E-state index < -0.39 is 41.0 Å². The lowest BCUT2D eigenvalue weighted by molar-refractivity contribution is -0.136. The lowest BCUT2D eigenvalue weighted by Crippen LogP contribution is -2.54. The van der Waals surface area contributed by atoms with Crippen molar-refractivity contribution < 1.29 is 24.0 Å². The van der Waals surface area contributed by atoms with Gasteiger partial charge in [0.2, 0.25) is 17.7 Å². The largest absolute Gasteiger partial charge is 0.324 e. The number of benzene rings is 1. The lowest BCUT2D eigenvalue weighted by Gasteiger charge is -2.27. The van der Waals surface area contributed by atoms with Crippen LogP contribution in [0.25, 0.3) is 0 Å². The molecule has 1 saturated heterocycles. The van der Waals surface area contributed by atoms with E-state index in [1.165, 1.54) is 32.0 Å². The molecule has 0 bridgehead atoms. The summed E-state index contributed by atoms with van der Waals surface area (Å²) in [6.45, 7) is 2.85. The monoisotopic (exact) mass is 368 g/mol. The van der Waals surface area contributed by atoms with E-state index >= 15 is 0 Å². The smallest absolute Gasteiger partial charge is 0.264 e. The zero-order valence-electron chi connectivity index (χ0n) is 14.7. The van der Waals surface area contributed by atoms with E-state index in [2.05, 4.69) is 10.6 Å². The predicted molar refractivity (Wildman–Crippen MR) is 91.1 cm³/mol. The first kappa shape index (κ1) is 18.3. The van der Waals surface area contributed by atoms with Crippen LogP contribution < -0.4 is 10.6 Å². The number of fused-ring (bicyclic) bond motifs is 1. The molecule has 9 nitrogen and oxygen atoms in total. The molecule has 2 heterocycles. The van der Waals surface area contributed by atoms with Crippen LogP contribution in [0.5, 0.6) is 0 Å². The van der Waals surface area contributed by atoms with Crippen LogP contribution in [-0.4, -0.2) is 40.5 Å². The summed E-state index contributed by atoms with van der Waals surface area (Å²) in [5.74, 6) is -3.19. The Morgan fingerprint density at radius 1 is 1.26 bits per heavy atom. The molecule has 3 rings (SSSR count). The quantitative estimate of drug-likeness (QED) is 0.749. The second kappa shape index (κ2) is 6.32. The molecule has 138 valence electrons. The number of nitrogens with zero attached hydrogens (tertiary/aromatic N) is 2. The van der Waals surface area contributed by atoms with Crippen LogP contribution in [0.1, 0.15) is 47.4 Å². The van der Waals surface area contributed by atoms with E-state index in [0.717, 1.165) is 4.90 Å². The van der Waals surface area contributed by atoms with Gasteiger partial charge >= 0.3 is 0 Å². The molecule has 0 aliphatic carbocycles. The predicted octanol–water partition coefficient (Wildman–Crippen LogP) is 0.576. The molecule has 1 aromatic carbocycles. The maximum Gasteiger partial charge on any atom is 0.264 e. The minimum atomic E-state index is -1.34. The number of carbonyl (C=O) groups is 5. The van der Waals surface area contributed by atoms with Gasteiger partial charge in [-0.1, -0.05) is 6.07 Å². The zero-order chi connectivity index (χ0) is 19.9. The Bertz CT molecular complexity index is 944. The number of amides is 5.